The number of nitrogens with one attached hydrogen (secondary N) is 1. The van der Waals surface area contributed by atoms with Crippen LogP contribution in [0.1, 0.15) is 0 Å². The Bertz CT molecular complexity index is 1010. The molecule has 3 aromatic rings. The van der Waals surface area contributed by atoms with Crippen LogP contribution in [0, 0.1) is 15.9 Å². The second-order valence-electron chi connectivity index (χ2n) is 6.57. The first-order valence-electron chi connectivity index (χ1n) is 9.19. The van der Waals surface area contributed by atoms with Crippen molar-refractivity contribution in [2.45, 2.75) is 0 Å². The van der Waals surface area contributed by atoms with E-state index in [1.807, 2.05) is 35.2 Å². The van der Waals surface area contributed by atoms with Gasteiger partial charge in [-0.3, -0.25) is 10.1 Å². The molecule has 1 aliphatic heterocycles. The Morgan fingerprint density at radius 1 is 0.931 bits per heavy atom. The van der Waals surface area contributed by atoms with Crippen molar-refractivity contribution in [1.29, 1.82) is 0 Å². The van der Waals surface area contributed by atoms with Gasteiger partial charge < -0.3 is 15.1 Å². The van der Waals surface area contributed by atoms with Gasteiger partial charge in [-0.1, -0.05) is 30.3 Å². The maximum Gasteiger partial charge on any atom is 0.353 e. The van der Waals surface area contributed by atoms with Gasteiger partial charge in [-0.05, 0) is 24.3 Å². The van der Waals surface area contributed by atoms with Gasteiger partial charge in [0, 0.05) is 31.9 Å². The molecule has 1 aliphatic rings. The van der Waals surface area contributed by atoms with Gasteiger partial charge >= 0.3 is 5.69 Å². The van der Waals surface area contributed by atoms with Gasteiger partial charge in [-0.15, -0.1) is 0 Å². The standard InChI is InChI=1S/C20H19FN6O2/c21-16-8-4-5-9-17(16)24-19-18(27(28)29)20(23-14-22-19)26-12-10-25(11-13-26)15-6-2-1-3-7-15/h1-9,14H,10-13H2,(H,22,23,24). The molecule has 0 spiro atoms. The Morgan fingerprint density at radius 3 is 2.28 bits per heavy atom. The highest BCUT2D eigenvalue weighted by Gasteiger charge is 2.29. The van der Waals surface area contributed by atoms with Gasteiger partial charge in [-0.2, -0.15) is 0 Å². The maximum absolute atomic E-state index is 14.0. The Labute approximate surface area is 166 Å². The van der Waals surface area contributed by atoms with Crippen molar-refractivity contribution in [2.24, 2.45) is 0 Å². The second kappa shape index (κ2) is 8.09. The van der Waals surface area contributed by atoms with Gasteiger partial charge in [-0.25, -0.2) is 14.4 Å². The molecule has 0 atom stereocenters. The molecule has 29 heavy (non-hydrogen) atoms. The molecule has 1 aromatic heterocycles. The molecule has 0 bridgehead atoms. The number of nitrogens with zero attached hydrogens (tertiary/aromatic N) is 5. The van der Waals surface area contributed by atoms with Crippen LogP contribution in [0.5, 0.6) is 0 Å². The van der Waals surface area contributed by atoms with Crippen molar-refractivity contribution in [2.75, 3.05) is 41.3 Å². The molecule has 1 fully saturated rings. The molecule has 1 saturated heterocycles. The van der Waals surface area contributed by atoms with Gasteiger partial charge in [0.25, 0.3) is 0 Å². The predicted molar refractivity (Wildman–Crippen MR) is 109 cm³/mol. The summed E-state index contributed by atoms with van der Waals surface area (Å²) in [5.74, 6) is -0.314. The molecular weight excluding hydrogens is 375 g/mol. The van der Waals surface area contributed by atoms with Crippen LogP contribution in [0.25, 0.3) is 0 Å². The van der Waals surface area contributed by atoms with E-state index in [1.54, 1.807) is 12.1 Å². The van der Waals surface area contributed by atoms with Crippen molar-refractivity contribution in [3.05, 3.63) is 76.9 Å². The van der Waals surface area contributed by atoms with Crippen molar-refractivity contribution in [3.63, 3.8) is 0 Å². The van der Waals surface area contributed by atoms with Gasteiger partial charge in [0.1, 0.15) is 12.1 Å². The SMILES string of the molecule is O=[N+]([O-])c1c(Nc2ccccc2F)ncnc1N1CCN(c2ccccc2)CC1. The number of anilines is 4. The normalized spacial score (nSPS) is 14.0. The monoisotopic (exact) mass is 394 g/mol. The average Bonchev–Trinajstić information content (AvgIpc) is 2.76. The number of halogens is 1. The van der Waals surface area contributed by atoms with Crippen LogP contribution >= 0.6 is 0 Å². The fourth-order valence-electron chi connectivity index (χ4n) is 3.37. The molecule has 1 N–H and O–H groups in total. The molecule has 2 heterocycles. The Balaban J connectivity index is 1.58. The fourth-order valence-corrected chi connectivity index (χ4v) is 3.37. The lowest BCUT2D eigenvalue weighted by Crippen LogP contribution is -2.47. The van der Waals surface area contributed by atoms with Gasteiger partial charge in [0.15, 0.2) is 0 Å². The maximum atomic E-state index is 14.0. The van der Waals surface area contributed by atoms with Crippen molar-refractivity contribution in [1.82, 2.24) is 9.97 Å². The Morgan fingerprint density at radius 2 is 1.59 bits per heavy atom. The molecule has 0 radical (unpaired) electrons. The minimum Gasteiger partial charge on any atom is -0.368 e. The summed E-state index contributed by atoms with van der Waals surface area (Å²) in [5.41, 5.74) is 0.976. The molecule has 4 rings (SSSR count). The second-order valence-corrected chi connectivity index (χ2v) is 6.57. The van der Waals surface area contributed by atoms with Crippen LogP contribution in [0.4, 0.5) is 33.1 Å². The van der Waals surface area contributed by atoms with E-state index in [1.165, 1.54) is 18.5 Å². The zero-order valence-corrected chi connectivity index (χ0v) is 15.5. The number of piperazine rings is 1. The lowest BCUT2D eigenvalue weighted by Gasteiger charge is -2.36. The Hall–Kier alpha value is -3.75. The van der Waals surface area contributed by atoms with E-state index in [-0.39, 0.29) is 23.0 Å². The third kappa shape index (κ3) is 3.93. The summed E-state index contributed by atoms with van der Waals surface area (Å²) in [6.07, 6.45) is 1.26. The molecule has 8 nitrogen and oxygen atoms in total. The first-order chi connectivity index (χ1) is 14.1. The number of para-hydroxylation sites is 2. The van der Waals surface area contributed by atoms with E-state index in [0.29, 0.717) is 26.2 Å². The van der Waals surface area contributed by atoms with E-state index in [0.717, 1.165) is 5.69 Å². The van der Waals surface area contributed by atoms with Crippen molar-refractivity contribution in [3.8, 4) is 0 Å². The Kier molecular flexibility index (Phi) is 5.19. The van der Waals surface area contributed by atoms with Crippen LogP contribution in [0.15, 0.2) is 60.9 Å². The number of nitro groups is 1. The lowest BCUT2D eigenvalue weighted by atomic mass is 10.2. The number of aromatic nitrogens is 2. The average molecular weight is 394 g/mol. The summed E-state index contributed by atoms with van der Waals surface area (Å²) >= 11 is 0. The van der Waals surface area contributed by atoms with Crippen molar-refractivity contribution >= 4 is 28.7 Å². The summed E-state index contributed by atoms with van der Waals surface area (Å²) in [6, 6.07) is 16.0. The summed E-state index contributed by atoms with van der Waals surface area (Å²) in [6.45, 7) is 2.57. The van der Waals surface area contributed by atoms with Crippen LogP contribution in [0.2, 0.25) is 0 Å². The van der Waals surface area contributed by atoms with Gasteiger partial charge in [0.05, 0.1) is 10.6 Å². The minimum atomic E-state index is -0.526. The first kappa shape index (κ1) is 18.6. The lowest BCUT2D eigenvalue weighted by molar-refractivity contribution is -0.383. The summed E-state index contributed by atoms with van der Waals surface area (Å²) < 4.78 is 14.0. The summed E-state index contributed by atoms with van der Waals surface area (Å²) in [4.78, 5) is 23.5. The van der Waals surface area contributed by atoms with Crippen LogP contribution in [-0.2, 0) is 0 Å². The van der Waals surface area contributed by atoms with E-state index in [9.17, 15) is 14.5 Å². The van der Waals surface area contributed by atoms with E-state index < -0.39 is 10.7 Å². The highest BCUT2D eigenvalue weighted by molar-refractivity contribution is 5.74. The fraction of sp³-hybridized carbons (Fsp3) is 0.200. The molecular formula is C20H19FN6O2. The summed E-state index contributed by atoms with van der Waals surface area (Å²) in [7, 11) is 0. The van der Waals surface area contributed by atoms with Crippen molar-refractivity contribution < 1.29 is 9.31 Å². The molecule has 0 amide bonds. The van der Waals surface area contributed by atoms with E-state index in [2.05, 4.69) is 20.2 Å². The van der Waals surface area contributed by atoms with E-state index >= 15 is 0 Å². The summed E-state index contributed by atoms with van der Waals surface area (Å²) in [5, 5.41) is 14.5. The number of benzene rings is 2. The van der Waals surface area contributed by atoms with Gasteiger partial charge in [0.2, 0.25) is 11.6 Å². The smallest absolute Gasteiger partial charge is 0.353 e. The molecule has 2 aromatic carbocycles. The molecule has 0 saturated carbocycles. The third-order valence-electron chi connectivity index (χ3n) is 4.81. The zero-order valence-electron chi connectivity index (χ0n) is 15.5. The largest absolute Gasteiger partial charge is 0.368 e. The number of rotatable bonds is 5. The number of hydrogen-bond donors (Lipinski definition) is 1. The quantitative estimate of drug-likeness (QED) is 0.523. The molecule has 148 valence electrons. The highest BCUT2D eigenvalue weighted by atomic mass is 19.1. The first-order valence-corrected chi connectivity index (χ1v) is 9.19. The molecule has 0 aliphatic carbocycles. The minimum absolute atomic E-state index is 0.0319. The van der Waals surface area contributed by atoms with Crippen LogP contribution in [0.3, 0.4) is 0 Å². The molecule has 0 unspecified atom stereocenters. The predicted octanol–water partition coefficient (Wildman–Crippen LogP) is 3.59. The topological polar surface area (TPSA) is 87.4 Å². The molecule has 9 heteroatoms. The third-order valence-corrected chi connectivity index (χ3v) is 4.81. The van der Waals surface area contributed by atoms with Crippen LogP contribution in [-0.4, -0.2) is 41.1 Å². The van der Waals surface area contributed by atoms with E-state index in [4.69, 9.17) is 0 Å². The zero-order chi connectivity index (χ0) is 20.2. The number of hydrogen-bond acceptors (Lipinski definition) is 7. The highest BCUT2D eigenvalue weighted by Crippen LogP contribution is 2.34. The van der Waals surface area contributed by atoms with Crippen LogP contribution < -0.4 is 15.1 Å².